The molecule has 2 fully saturated rings. The van der Waals surface area contributed by atoms with Crippen LogP contribution in [-0.4, -0.2) is 42.6 Å². The second-order valence-corrected chi connectivity index (χ2v) is 9.94. The zero-order chi connectivity index (χ0) is 18.0. The fourth-order valence-electron chi connectivity index (χ4n) is 3.17. The molecule has 1 aliphatic heterocycles. The number of thiophene rings is 1. The molecule has 7 nitrogen and oxygen atoms in total. The molecule has 0 bridgehead atoms. The van der Waals surface area contributed by atoms with Crippen LogP contribution in [0.5, 0.6) is 0 Å². The summed E-state index contributed by atoms with van der Waals surface area (Å²) >= 11 is 1.23. The lowest BCUT2D eigenvalue weighted by Gasteiger charge is -2.31. The Hall–Kier alpha value is -1.29. The van der Waals surface area contributed by atoms with Gasteiger partial charge in [0.2, 0.25) is 5.89 Å². The number of hydrogen-bond acceptors (Lipinski definition) is 7. The topological polar surface area (TPSA) is 85.5 Å². The van der Waals surface area contributed by atoms with Gasteiger partial charge >= 0.3 is 0 Å². The summed E-state index contributed by atoms with van der Waals surface area (Å²) in [5.74, 6) is 1.70. The van der Waals surface area contributed by atoms with Gasteiger partial charge in [-0.2, -0.15) is 9.29 Å². The number of hydrogen-bond donors (Lipinski definition) is 0. The predicted octanol–water partition coefficient (Wildman–Crippen LogP) is 3.02. The first-order valence-corrected chi connectivity index (χ1v) is 11.4. The van der Waals surface area contributed by atoms with Gasteiger partial charge in [-0.25, -0.2) is 8.42 Å². The summed E-state index contributed by atoms with van der Waals surface area (Å²) in [4.78, 5) is 4.45. The zero-order valence-electron chi connectivity index (χ0n) is 14.5. The maximum Gasteiger partial charge on any atom is 0.253 e. The van der Waals surface area contributed by atoms with Crippen molar-refractivity contribution in [3.8, 4) is 0 Å². The van der Waals surface area contributed by atoms with Gasteiger partial charge in [0.1, 0.15) is 10.3 Å². The number of piperidine rings is 1. The van der Waals surface area contributed by atoms with Crippen molar-refractivity contribution in [1.29, 1.82) is 0 Å². The fourth-order valence-corrected chi connectivity index (χ4v) is 5.94. The second kappa shape index (κ2) is 7.75. The smallest absolute Gasteiger partial charge is 0.253 e. The Bertz CT molecular complexity index is 815. The molecule has 1 aliphatic carbocycles. The molecule has 142 valence electrons. The van der Waals surface area contributed by atoms with Gasteiger partial charge in [-0.1, -0.05) is 17.6 Å². The fraction of sp³-hybridized carbons (Fsp3) is 0.647. The van der Waals surface area contributed by atoms with Gasteiger partial charge in [-0.05, 0) is 43.0 Å². The van der Waals surface area contributed by atoms with Crippen LogP contribution in [0, 0.1) is 5.92 Å². The molecule has 1 saturated carbocycles. The van der Waals surface area contributed by atoms with Crippen molar-refractivity contribution in [2.24, 2.45) is 5.92 Å². The highest BCUT2D eigenvalue weighted by Crippen LogP contribution is 2.35. The summed E-state index contributed by atoms with van der Waals surface area (Å²) in [7, 11) is -3.53. The molecule has 1 unspecified atom stereocenters. The lowest BCUT2D eigenvalue weighted by atomic mass is 10.1. The third-order valence-electron chi connectivity index (χ3n) is 4.80. The molecule has 0 radical (unpaired) electrons. The van der Waals surface area contributed by atoms with E-state index in [0.717, 1.165) is 25.4 Å². The van der Waals surface area contributed by atoms with Crippen molar-refractivity contribution >= 4 is 21.4 Å². The van der Waals surface area contributed by atoms with E-state index in [9.17, 15) is 8.42 Å². The lowest BCUT2D eigenvalue weighted by molar-refractivity contribution is 0.125. The van der Waals surface area contributed by atoms with Crippen LogP contribution in [0.1, 0.15) is 49.9 Å². The highest BCUT2D eigenvalue weighted by atomic mass is 32.2. The van der Waals surface area contributed by atoms with E-state index in [1.54, 1.807) is 17.5 Å². The average molecular weight is 398 g/mol. The molecule has 3 heterocycles. The van der Waals surface area contributed by atoms with E-state index in [1.165, 1.54) is 28.5 Å². The summed E-state index contributed by atoms with van der Waals surface area (Å²) in [5.41, 5.74) is 0. The van der Waals surface area contributed by atoms with Crippen LogP contribution < -0.4 is 0 Å². The zero-order valence-corrected chi connectivity index (χ0v) is 16.2. The third-order valence-corrected chi connectivity index (χ3v) is 8.08. The molecule has 1 atom stereocenters. The van der Waals surface area contributed by atoms with Crippen LogP contribution in [0.15, 0.2) is 26.2 Å². The Morgan fingerprint density at radius 2 is 2.19 bits per heavy atom. The minimum absolute atomic E-state index is 0.359. The van der Waals surface area contributed by atoms with E-state index < -0.39 is 10.0 Å². The third kappa shape index (κ3) is 4.00. The molecule has 9 heteroatoms. The van der Waals surface area contributed by atoms with Crippen LogP contribution in [-0.2, 0) is 21.2 Å². The SMILES string of the molecule is O=S(=O)(c1cccs1)N1CCCCC1c1nc(CCOCC2CC2)no1. The van der Waals surface area contributed by atoms with Crippen LogP contribution in [0.4, 0.5) is 0 Å². The molecular formula is C17H23N3O4S2. The monoisotopic (exact) mass is 397 g/mol. The molecule has 2 aromatic heterocycles. The normalized spacial score (nSPS) is 21.9. The van der Waals surface area contributed by atoms with Crippen LogP contribution in [0.2, 0.25) is 0 Å². The molecule has 0 spiro atoms. The first kappa shape index (κ1) is 18.1. The molecular weight excluding hydrogens is 374 g/mol. The molecule has 4 rings (SSSR count). The van der Waals surface area contributed by atoms with Gasteiger partial charge < -0.3 is 9.26 Å². The standard InChI is InChI=1S/C17H23N3O4S2/c21-26(22,16-5-3-11-25-16)20-9-2-1-4-14(20)17-18-15(19-24-17)8-10-23-12-13-6-7-13/h3,5,11,13-14H,1-2,4,6-10,12H2. The first-order valence-electron chi connectivity index (χ1n) is 9.10. The van der Waals surface area contributed by atoms with E-state index >= 15 is 0 Å². The van der Waals surface area contributed by atoms with Crippen molar-refractivity contribution in [2.45, 2.75) is 48.8 Å². The predicted molar refractivity (Wildman–Crippen MR) is 96.3 cm³/mol. The van der Waals surface area contributed by atoms with Crippen molar-refractivity contribution in [1.82, 2.24) is 14.4 Å². The summed E-state index contributed by atoms with van der Waals surface area (Å²) < 4.78 is 38.8. The van der Waals surface area contributed by atoms with E-state index in [1.807, 2.05) is 0 Å². The van der Waals surface area contributed by atoms with Crippen LogP contribution >= 0.6 is 11.3 Å². The molecule has 0 N–H and O–H groups in total. The summed E-state index contributed by atoms with van der Waals surface area (Å²) in [6.45, 7) is 1.85. The highest BCUT2D eigenvalue weighted by Gasteiger charge is 2.38. The number of nitrogens with zero attached hydrogens (tertiary/aromatic N) is 3. The van der Waals surface area contributed by atoms with Crippen molar-refractivity contribution in [2.75, 3.05) is 19.8 Å². The largest absolute Gasteiger partial charge is 0.381 e. The average Bonchev–Trinajstić information content (AvgIpc) is 3.13. The number of ether oxygens (including phenoxy) is 1. The van der Waals surface area contributed by atoms with Gasteiger partial charge in [0.05, 0.1) is 6.61 Å². The molecule has 0 amide bonds. The highest BCUT2D eigenvalue weighted by molar-refractivity contribution is 7.91. The van der Waals surface area contributed by atoms with E-state index in [-0.39, 0.29) is 6.04 Å². The maximum absolute atomic E-state index is 12.9. The first-order chi connectivity index (χ1) is 12.6. The van der Waals surface area contributed by atoms with Crippen LogP contribution in [0.3, 0.4) is 0 Å². The van der Waals surface area contributed by atoms with E-state index in [2.05, 4.69) is 10.1 Å². The summed E-state index contributed by atoms with van der Waals surface area (Å²) in [6, 6.07) is 3.01. The van der Waals surface area contributed by atoms with Gasteiger partial charge in [0.15, 0.2) is 5.82 Å². The minimum Gasteiger partial charge on any atom is -0.381 e. The van der Waals surface area contributed by atoms with Gasteiger partial charge in [-0.3, -0.25) is 0 Å². The van der Waals surface area contributed by atoms with Gasteiger partial charge in [-0.15, -0.1) is 11.3 Å². The summed E-state index contributed by atoms with van der Waals surface area (Å²) in [6.07, 6.45) is 5.61. The Morgan fingerprint density at radius 1 is 1.31 bits per heavy atom. The molecule has 26 heavy (non-hydrogen) atoms. The van der Waals surface area contributed by atoms with Crippen molar-refractivity contribution in [3.05, 3.63) is 29.2 Å². The molecule has 2 aromatic rings. The van der Waals surface area contributed by atoms with E-state index in [0.29, 0.717) is 41.9 Å². The minimum atomic E-state index is -3.53. The number of aromatic nitrogens is 2. The number of sulfonamides is 1. The van der Waals surface area contributed by atoms with Crippen LogP contribution in [0.25, 0.3) is 0 Å². The van der Waals surface area contributed by atoms with Crippen molar-refractivity contribution < 1.29 is 17.7 Å². The molecule has 0 aromatic carbocycles. The number of rotatable bonds is 8. The Balaban J connectivity index is 1.44. The quantitative estimate of drug-likeness (QED) is 0.637. The van der Waals surface area contributed by atoms with Gasteiger partial charge in [0, 0.05) is 19.6 Å². The van der Waals surface area contributed by atoms with E-state index in [4.69, 9.17) is 9.26 Å². The Kier molecular flexibility index (Phi) is 5.40. The Labute approximate surface area is 157 Å². The Morgan fingerprint density at radius 3 is 2.96 bits per heavy atom. The second-order valence-electron chi connectivity index (χ2n) is 6.88. The molecule has 1 saturated heterocycles. The maximum atomic E-state index is 12.9. The van der Waals surface area contributed by atoms with Gasteiger partial charge in [0.25, 0.3) is 10.0 Å². The summed E-state index contributed by atoms with van der Waals surface area (Å²) in [5, 5.41) is 5.79. The lowest BCUT2D eigenvalue weighted by Crippen LogP contribution is -2.38. The van der Waals surface area contributed by atoms with Crippen molar-refractivity contribution in [3.63, 3.8) is 0 Å². The molecule has 2 aliphatic rings.